The zero-order valence-corrected chi connectivity index (χ0v) is 18.3. The highest BCUT2D eigenvalue weighted by molar-refractivity contribution is 5.77. The third kappa shape index (κ3) is 5.32. The third-order valence-electron chi connectivity index (χ3n) is 5.82. The first-order valence-electron chi connectivity index (χ1n) is 11.1. The molecule has 2 aromatic heterocycles. The molecule has 1 amide bonds. The van der Waals surface area contributed by atoms with E-state index in [0.717, 1.165) is 29.8 Å². The van der Waals surface area contributed by atoms with Crippen molar-refractivity contribution < 1.29 is 9.53 Å². The van der Waals surface area contributed by atoms with E-state index in [2.05, 4.69) is 34.9 Å². The summed E-state index contributed by atoms with van der Waals surface area (Å²) in [5.41, 5.74) is 4.29. The maximum Gasteiger partial charge on any atom is 0.258 e. The molecule has 0 saturated heterocycles. The van der Waals surface area contributed by atoms with Crippen LogP contribution in [0.5, 0.6) is 5.75 Å². The summed E-state index contributed by atoms with van der Waals surface area (Å²) in [6, 6.07) is 14.4. The van der Waals surface area contributed by atoms with Crippen LogP contribution in [0, 0.1) is 0 Å². The number of benzene rings is 1. The van der Waals surface area contributed by atoms with E-state index < -0.39 is 0 Å². The number of amides is 1. The molecule has 1 aromatic carbocycles. The van der Waals surface area contributed by atoms with E-state index in [-0.39, 0.29) is 12.5 Å². The van der Waals surface area contributed by atoms with Crippen LogP contribution >= 0.6 is 0 Å². The monoisotopic (exact) mass is 418 g/mol. The SMILES string of the molecule is CC(C)c1ccc(OCC(=O)NCc2cc(-c3ccncc3)n(C3CCCC3)n2)cc1. The minimum Gasteiger partial charge on any atom is -0.484 e. The highest BCUT2D eigenvalue weighted by Gasteiger charge is 2.22. The molecule has 2 heterocycles. The standard InChI is InChI=1S/C25H30N4O2/c1-18(2)19-7-9-23(10-8-19)31-17-25(30)27-16-21-15-24(20-11-13-26-14-12-20)29(28-21)22-5-3-4-6-22/h7-15,18,22H,3-6,16-17H2,1-2H3,(H,27,30). The van der Waals surface area contributed by atoms with Gasteiger partial charge < -0.3 is 10.1 Å². The second-order valence-corrected chi connectivity index (χ2v) is 8.43. The van der Waals surface area contributed by atoms with Crippen LogP contribution < -0.4 is 10.1 Å². The lowest BCUT2D eigenvalue weighted by Gasteiger charge is -2.14. The number of hydrogen-bond acceptors (Lipinski definition) is 4. The fourth-order valence-corrected chi connectivity index (χ4v) is 4.03. The lowest BCUT2D eigenvalue weighted by atomic mass is 10.0. The van der Waals surface area contributed by atoms with Crippen LogP contribution in [0.1, 0.15) is 62.7 Å². The maximum atomic E-state index is 12.3. The second-order valence-electron chi connectivity index (χ2n) is 8.43. The second kappa shape index (κ2) is 9.77. The fourth-order valence-electron chi connectivity index (χ4n) is 4.03. The Hall–Kier alpha value is -3.15. The number of carbonyl (C=O) groups excluding carboxylic acids is 1. The van der Waals surface area contributed by atoms with Crippen molar-refractivity contribution in [2.24, 2.45) is 0 Å². The molecule has 6 nitrogen and oxygen atoms in total. The van der Waals surface area contributed by atoms with Crippen LogP contribution in [0.2, 0.25) is 0 Å². The first-order valence-corrected chi connectivity index (χ1v) is 11.1. The van der Waals surface area contributed by atoms with Gasteiger partial charge in [0.25, 0.3) is 5.91 Å². The molecule has 0 atom stereocenters. The summed E-state index contributed by atoms with van der Waals surface area (Å²) in [5.74, 6) is 1.01. The summed E-state index contributed by atoms with van der Waals surface area (Å²) >= 11 is 0. The van der Waals surface area contributed by atoms with Crippen LogP contribution in [-0.4, -0.2) is 27.3 Å². The molecule has 162 valence electrons. The molecule has 0 bridgehead atoms. The first-order chi connectivity index (χ1) is 15.1. The summed E-state index contributed by atoms with van der Waals surface area (Å²) in [7, 11) is 0. The molecule has 0 radical (unpaired) electrons. The maximum absolute atomic E-state index is 12.3. The van der Waals surface area contributed by atoms with Crippen molar-refractivity contribution in [1.82, 2.24) is 20.1 Å². The smallest absolute Gasteiger partial charge is 0.258 e. The highest BCUT2D eigenvalue weighted by Crippen LogP contribution is 2.33. The first kappa shape index (κ1) is 21.1. The Morgan fingerprint density at radius 3 is 2.52 bits per heavy atom. The summed E-state index contributed by atoms with van der Waals surface area (Å²) in [6.07, 6.45) is 8.37. The molecule has 1 aliphatic rings. The molecule has 4 rings (SSSR count). The van der Waals surface area contributed by atoms with Crippen LogP contribution in [0.15, 0.2) is 54.9 Å². The van der Waals surface area contributed by atoms with Gasteiger partial charge in [0, 0.05) is 18.0 Å². The number of hydrogen-bond donors (Lipinski definition) is 1. The number of aromatic nitrogens is 3. The van der Waals surface area contributed by atoms with E-state index >= 15 is 0 Å². The van der Waals surface area contributed by atoms with Crippen molar-refractivity contribution in [3.63, 3.8) is 0 Å². The summed E-state index contributed by atoms with van der Waals surface area (Å²) in [5, 5.41) is 7.76. The third-order valence-corrected chi connectivity index (χ3v) is 5.82. The van der Waals surface area contributed by atoms with Crippen molar-refractivity contribution in [2.45, 2.75) is 58.0 Å². The molecule has 1 N–H and O–H groups in total. The molecule has 0 spiro atoms. The van der Waals surface area contributed by atoms with Crippen LogP contribution in [0.3, 0.4) is 0 Å². The van der Waals surface area contributed by atoms with Gasteiger partial charge in [0.05, 0.1) is 24.0 Å². The molecular formula is C25H30N4O2. The van der Waals surface area contributed by atoms with E-state index in [4.69, 9.17) is 9.84 Å². The molecule has 1 fully saturated rings. The lowest BCUT2D eigenvalue weighted by molar-refractivity contribution is -0.123. The van der Waals surface area contributed by atoms with Gasteiger partial charge in [-0.25, -0.2) is 0 Å². The van der Waals surface area contributed by atoms with E-state index in [0.29, 0.717) is 24.3 Å². The topological polar surface area (TPSA) is 69.0 Å². The molecule has 0 aliphatic heterocycles. The van der Waals surface area contributed by atoms with Crippen molar-refractivity contribution >= 4 is 5.91 Å². The van der Waals surface area contributed by atoms with Gasteiger partial charge in [-0.3, -0.25) is 14.5 Å². The molecule has 31 heavy (non-hydrogen) atoms. The molecule has 1 aliphatic carbocycles. The Kier molecular flexibility index (Phi) is 6.65. The van der Waals surface area contributed by atoms with Crippen LogP contribution in [0.4, 0.5) is 0 Å². The predicted molar refractivity (Wildman–Crippen MR) is 121 cm³/mol. The van der Waals surface area contributed by atoms with E-state index in [1.165, 1.54) is 18.4 Å². The zero-order chi connectivity index (χ0) is 21.6. The Morgan fingerprint density at radius 1 is 1.13 bits per heavy atom. The Morgan fingerprint density at radius 2 is 1.84 bits per heavy atom. The molecule has 1 saturated carbocycles. The van der Waals surface area contributed by atoms with Crippen molar-refractivity contribution in [3.05, 3.63) is 66.1 Å². The predicted octanol–water partition coefficient (Wildman–Crippen LogP) is 4.88. The fraction of sp³-hybridized carbons (Fsp3) is 0.400. The minimum atomic E-state index is -0.159. The lowest BCUT2D eigenvalue weighted by Crippen LogP contribution is -2.28. The largest absolute Gasteiger partial charge is 0.484 e. The van der Waals surface area contributed by atoms with Gasteiger partial charge in [-0.1, -0.05) is 38.8 Å². The van der Waals surface area contributed by atoms with Gasteiger partial charge in [0.1, 0.15) is 5.75 Å². The number of rotatable bonds is 8. The molecule has 3 aromatic rings. The van der Waals surface area contributed by atoms with Crippen molar-refractivity contribution in [2.75, 3.05) is 6.61 Å². The van der Waals surface area contributed by atoms with E-state index in [9.17, 15) is 4.79 Å². The summed E-state index contributed by atoms with van der Waals surface area (Å²) in [4.78, 5) is 16.4. The highest BCUT2D eigenvalue weighted by atomic mass is 16.5. The van der Waals surface area contributed by atoms with Crippen molar-refractivity contribution in [3.8, 4) is 17.0 Å². The van der Waals surface area contributed by atoms with Gasteiger partial charge in [-0.2, -0.15) is 5.10 Å². The Balaban J connectivity index is 1.37. The summed E-state index contributed by atoms with van der Waals surface area (Å²) < 4.78 is 7.76. The van der Waals surface area contributed by atoms with Crippen LogP contribution in [-0.2, 0) is 11.3 Å². The normalized spacial score (nSPS) is 14.2. The van der Waals surface area contributed by atoms with Gasteiger partial charge in [-0.15, -0.1) is 0 Å². The average molecular weight is 419 g/mol. The number of nitrogens with one attached hydrogen (secondary N) is 1. The molecule has 6 heteroatoms. The quantitative estimate of drug-likeness (QED) is 0.566. The molecular weight excluding hydrogens is 388 g/mol. The summed E-state index contributed by atoms with van der Waals surface area (Å²) in [6.45, 7) is 4.67. The number of pyridine rings is 1. The van der Waals surface area contributed by atoms with Gasteiger partial charge in [-0.05, 0) is 54.7 Å². The Labute approximate surface area is 183 Å². The zero-order valence-electron chi connectivity index (χ0n) is 18.3. The van der Waals surface area contributed by atoms with Crippen LogP contribution in [0.25, 0.3) is 11.3 Å². The van der Waals surface area contributed by atoms with Crippen molar-refractivity contribution in [1.29, 1.82) is 0 Å². The van der Waals surface area contributed by atoms with E-state index in [1.807, 2.05) is 36.4 Å². The Bertz CT molecular complexity index is 990. The minimum absolute atomic E-state index is 0.0123. The number of nitrogens with zero attached hydrogens (tertiary/aromatic N) is 3. The average Bonchev–Trinajstić information content (AvgIpc) is 3.47. The number of ether oxygens (including phenoxy) is 1. The van der Waals surface area contributed by atoms with Gasteiger partial charge in [0.15, 0.2) is 6.61 Å². The van der Waals surface area contributed by atoms with E-state index in [1.54, 1.807) is 12.4 Å². The number of carbonyl (C=O) groups is 1. The molecule has 0 unspecified atom stereocenters. The van der Waals surface area contributed by atoms with Gasteiger partial charge in [0.2, 0.25) is 0 Å². The van der Waals surface area contributed by atoms with Gasteiger partial charge >= 0.3 is 0 Å².